The second kappa shape index (κ2) is 9.23. The zero-order valence-electron chi connectivity index (χ0n) is 14.1. The first-order chi connectivity index (χ1) is 10.4. The van der Waals surface area contributed by atoms with Crippen molar-refractivity contribution in [1.82, 2.24) is 5.32 Å². The van der Waals surface area contributed by atoms with Crippen molar-refractivity contribution in [3.8, 4) is 0 Å². The zero-order chi connectivity index (χ0) is 16.5. The monoisotopic (exact) mass is 304 g/mol. The Kier molecular flexibility index (Phi) is 7.64. The average molecular weight is 304 g/mol. The lowest BCUT2D eigenvalue weighted by Gasteiger charge is -2.09. The summed E-state index contributed by atoms with van der Waals surface area (Å²) in [5.74, 6) is 0.922. The van der Waals surface area contributed by atoms with E-state index in [4.69, 9.17) is 0 Å². The van der Waals surface area contributed by atoms with Gasteiger partial charge in [-0.3, -0.25) is 9.59 Å². The number of rotatable bonds is 8. The molecule has 122 valence electrons. The first-order valence-electron chi connectivity index (χ1n) is 8.06. The van der Waals surface area contributed by atoms with Crippen molar-refractivity contribution < 1.29 is 9.59 Å². The van der Waals surface area contributed by atoms with Crippen molar-refractivity contribution in [2.45, 2.75) is 47.0 Å². The Morgan fingerprint density at radius 3 is 2.18 bits per heavy atom. The quantitative estimate of drug-likeness (QED) is 0.717. The zero-order valence-corrected chi connectivity index (χ0v) is 14.1. The molecule has 0 saturated carbocycles. The fourth-order valence-corrected chi connectivity index (χ4v) is 2.10. The molecule has 0 fully saturated rings. The van der Waals surface area contributed by atoms with Gasteiger partial charge in [-0.15, -0.1) is 0 Å². The molecular weight excluding hydrogens is 276 g/mol. The van der Waals surface area contributed by atoms with Gasteiger partial charge in [-0.05, 0) is 48.9 Å². The van der Waals surface area contributed by atoms with Gasteiger partial charge in [0.15, 0.2) is 0 Å². The topological polar surface area (TPSA) is 58.2 Å². The highest BCUT2D eigenvalue weighted by atomic mass is 16.2. The molecule has 1 aromatic rings. The summed E-state index contributed by atoms with van der Waals surface area (Å²) in [6, 6.07) is 7.01. The number of anilines is 1. The average Bonchev–Trinajstić information content (AvgIpc) is 2.43. The van der Waals surface area contributed by atoms with Gasteiger partial charge in [0.2, 0.25) is 5.91 Å². The fraction of sp³-hybridized carbons (Fsp3) is 0.556. The molecule has 0 saturated heterocycles. The fourth-order valence-electron chi connectivity index (χ4n) is 2.10. The Morgan fingerprint density at radius 2 is 1.64 bits per heavy atom. The van der Waals surface area contributed by atoms with Crippen molar-refractivity contribution in [2.75, 3.05) is 11.9 Å². The van der Waals surface area contributed by atoms with Crippen LogP contribution in [0, 0.1) is 11.8 Å². The number of carbonyl (C=O) groups excluding carboxylic acids is 2. The van der Waals surface area contributed by atoms with E-state index in [9.17, 15) is 9.59 Å². The molecule has 0 aromatic heterocycles. The lowest BCUT2D eigenvalue weighted by Crippen LogP contribution is -2.24. The highest BCUT2D eigenvalue weighted by Gasteiger charge is 2.07. The molecule has 0 heterocycles. The Labute approximate surface area is 133 Å². The van der Waals surface area contributed by atoms with E-state index in [0.29, 0.717) is 30.4 Å². The maximum absolute atomic E-state index is 12.0. The number of amides is 2. The minimum absolute atomic E-state index is 0.000821. The van der Waals surface area contributed by atoms with Gasteiger partial charge in [-0.2, -0.15) is 0 Å². The van der Waals surface area contributed by atoms with Crippen LogP contribution in [-0.2, 0) is 4.79 Å². The SMILES string of the molecule is CC(C)CCCNC(=O)c1ccc(NC(=O)CC(C)C)cc1. The Balaban J connectivity index is 2.43. The van der Waals surface area contributed by atoms with Crippen LogP contribution < -0.4 is 10.6 Å². The van der Waals surface area contributed by atoms with E-state index in [0.717, 1.165) is 18.5 Å². The number of benzene rings is 1. The molecule has 0 spiro atoms. The van der Waals surface area contributed by atoms with Gasteiger partial charge in [0.05, 0.1) is 0 Å². The number of carbonyl (C=O) groups is 2. The van der Waals surface area contributed by atoms with E-state index in [1.165, 1.54) is 0 Å². The van der Waals surface area contributed by atoms with Gasteiger partial charge in [0, 0.05) is 24.2 Å². The minimum atomic E-state index is -0.0659. The molecule has 1 rings (SSSR count). The van der Waals surface area contributed by atoms with Crippen LogP contribution in [0.25, 0.3) is 0 Å². The summed E-state index contributed by atoms with van der Waals surface area (Å²) in [7, 11) is 0. The summed E-state index contributed by atoms with van der Waals surface area (Å²) in [4.78, 5) is 23.7. The van der Waals surface area contributed by atoms with Crippen molar-refractivity contribution in [3.63, 3.8) is 0 Å². The van der Waals surface area contributed by atoms with E-state index in [1.54, 1.807) is 24.3 Å². The lowest BCUT2D eigenvalue weighted by atomic mass is 10.1. The molecule has 0 aliphatic rings. The summed E-state index contributed by atoms with van der Waals surface area (Å²) in [6.45, 7) is 9.06. The molecule has 4 nitrogen and oxygen atoms in total. The first kappa shape index (κ1) is 18.2. The number of hydrogen-bond donors (Lipinski definition) is 2. The summed E-state index contributed by atoms with van der Waals surface area (Å²) in [6.07, 6.45) is 2.60. The minimum Gasteiger partial charge on any atom is -0.352 e. The van der Waals surface area contributed by atoms with Crippen LogP contribution in [0.5, 0.6) is 0 Å². The summed E-state index contributed by atoms with van der Waals surface area (Å²) < 4.78 is 0. The van der Waals surface area contributed by atoms with Gasteiger partial charge in [-0.1, -0.05) is 27.7 Å². The summed E-state index contributed by atoms with van der Waals surface area (Å²) in [5, 5.41) is 5.75. The van der Waals surface area contributed by atoms with Crippen molar-refractivity contribution in [2.24, 2.45) is 11.8 Å². The highest BCUT2D eigenvalue weighted by molar-refractivity contribution is 5.95. The number of hydrogen-bond acceptors (Lipinski definition) is 2. The van der Waals surface area contributed by atoms with E-state index in [2.05, 4.69) is 24.5 Å². The van der Waals surface area contributed by atoms with Crippen LogP contribution in [0.1, 0.15) is 57.3 Å². The van der Waals surface area contributed by atoms with E-state index in [-0.39, 0.29) is 11.8 Å². The maximum atomic E-state index is 12.0. The first-order valence-corrected chi connectivity index (χ1v) is 8.06. The molecule has 2 amide bonds. The largest absolute Gasteiger partial charge is 0.352 e. The van der Waals surface area contributed by atoms with E-state index >= 15 is 0 Å². The second-order valence-corrected chi connectivity index (χ2v) is 6.52. The van der Waals surface area contributed by atoms with Crippen molar-refractivity contribution in [3.05, 3.63) is 29.8 Å². The molecule has 2 N–H and O–H groups in total. The predicted molar refractivity (Wildman–Crippen MR) is 90.9 cm³/mol. The third kappa shape index (κ3) is 7.25. The Bertz CT molecular complexity index is 478. The molecule has 1 aromatic carbocycles. The smallest absolute Gasteiger partial charge is 0.251 e. The standard InChI is InChI=1S/C18H28N2O2/c1-13(2)6-5-11-19-18(22)15-7-9-16(10-8-15)20-17(21)12-14(3)4/h7-10,13-14H,5-6,11-12H2,1-4H3,(H,19,22)(H,20,21). The van der Waals surface area contributed by atoms with Crippen molar-refractivity contribution >= 4 is 17.5 Å². The second-order valence-electron chi connectivity index (χ2n) is 6.52. The van der Waals surface area contributed by atoms with Gasteiger partial charge in [-0.25, -0.2) is 0 Å². The van der Waals surface area contributed by atoms with Crippen LogP contribution in [0.4, 0.5) is 5.69 Å². The maximum Gasteiger partial charge on any atom is 0.251 e. The van der Waals surface area contributed by atoms with Gasteiger partial charge >= 0.3 is 0 Å². The van der Waals surface area contributed by atoms with Crippen LogP contribution in [0.2, 0.25) is 0 Å². The molecule has 0 unspecified atom stereocenters. The van der Waals surface area contributed by atoms with Crippen LogP contribution in [0.3, 0.4) is 0 Å². The molecule has 22 heavy (non-hydrogen) atoms. The highest BCUT2D eigenvalue weighted by Crippen LogP contribution is 2.11. The summed E-state index contributed by atoms with van der Waals surface area (Å²) >= 11 is 0. The Hall–Kier alpha value is -1.84. The lowest BCUT2D eigenvalue weighted by molar-refractivity contribution is -0.116. The van der Waals surface area contributed by atoms with Gasteiger partial charge in [0.1, 0.15) is 0 Å². The molecule has 0 atom stereocenters. The molecule has 0 aliphatic heterocycles. The van der Waals surface area contributed by atoms with Gasteiger partial charge < -0.3 is 10.6 Å². The molecule has 0 radical (unpaired) electrons. The third-order valence-corrected chi connectivity index (χ3v) is 3.27. The molecule has 4 heteroatoms. The molecule has 0 bridgehead atoms. The molecular formula is C18H28N2O2. The van der Waals surface area contributed by atoms with Crippen LogP contribution in [0.15, 0.2) is 24.3 Å². The van der Waals surface area contributed by atoms with Crippen LogP contribution >= 0.6 is 0 Å². The summed E-state index contributed by atoms with van der Waals surface area (Å²) in [5.41, 5.74) is 1.34. The number of nitrogens with one attached hydrogen (secondary N) is 2. The Morgan fingerprint density at radius 1 is 1.00 bits per heavy atom. The predicted octanol–water partition coefficient (Wildman–Crippen LogP) is 3.84. The molecule has 0 aliphatic carbocycles. The van der Waals surface area contributed by atoms with Crippen molar-refractivity contribution in [1.29, 1.82) is 0 Å². The van der Waals surface area contributed by atoms with Crippen LogP contribution in [-0.4, -0.2) is 18.4 Å². The third-order valence-electron chi connectivity index (χ3n) is 3.27. The normalized spacial score (nSPS) is 10.8. The van der Waals surface area contributed by atoms with E-state index < -0.39 is 0 Å². The van der Waals surface area contributed by atoms with Gasteiger partial charge in [0.25, 0.3) is 5.91 Å². The van der Waals surface area contributed by atoms with E-state index in [1.807, 2.05) is 13.8 Å².